The van der Waals surface area contributed by atoms with Crippen molar-refractivity contribution in [2.24, 2.45) is 11.3 Å². The lowest BCUT2D eigenvalue weighted by atomic mass is 9.67. The summed E-state index contributed by atoms with van der Waals surface area (Å²) in [7, 11) is 4.48. The number of carbonyl (C=O) groups is 1. The number of carbonyl (C=O) groups excluding carboxylic acids is 1. The van der Waals surface area contributed by atoms with E-state index >= 15 is 0 Å². The minimum Gasteiger partial charge on any atom is -0.322 e. The van der Waals surface area contributed by atoms with E-state index in [1.165, 1.54) is 50.5 Å². The molecule has 0 radical (unpaired) electrons. The van der Waals surface area contributed by atoms with Gasteiger partial charge < -0.3 is 9.80 Å². The van der Waals surface area contributed by atoms with Crippen LogP contribution in [-0.4, -0.2) is 60.0 Å². The van der Waals surface area contributed by atoms with Gasteiger partial charge in [0.25, 0.3) is 0 Å². The van der Waals surface area contributed by atoms with Crippen molar-refractivity contribution in [1.82, 2.24) is 14.7 Å². The van der Waals surface area contributed by atoms with E-state index in [-0.39, 0.29) is 11.1 Å². The molecule has 0 aromatic heterocycles. The minimum atomic E-state index is 0.0431. The second-order valence-electron chi connectivity index (χ2n) is 12.0. The van der Waals surface area contributed by atoms with Crippen molar-refractivity contribution in [1.29, 1.82) is 0 Å². The molecule has 3 aliphatic carbocycles. The fourth-order valence-electron chi connectivity index (χ4n) is 7.00. The van der Waals surface area contributed by atoms with Crippen molar-refractivity contribution in [3.63, 3.8) is 0 Å². The Kier molecular flexibility index (Phi) is 5.80. The van der Waals surface area contributed by atoms with Gasteiger partial charge in [-0.1, -0.05) is 50.1 Å². The maximum absolute atomic E-state index is 13.7. The van der Waals surface area contributed by atoms with E-state index in [2.05, 4.69) is 66.1 Å². The first-order valence-electron chi connectivity index (χ1n) is 13.2. The highest BCUT2D eigenvalue weighted by molar-refractivity contribution is 5.78. The molecule has 1 spiro atoms. The minimum absolute atomic E-state index is 0.0431. The largest absolute Gasteiger partial charge is 0.322 e. The van der Waals surface area contributed by atoms with Gasteiger partial charge in [-0.15, -0.1) is 0 Å². The summed E-state index contributed by atoms with van der Waals surface area (Å²) in [5.74, 6) is 0.731. The lowest BCUT2D eigenvalue weighted by Crippen LogP contribution is -2.56. The number of hydrogen-bond donors (Lipinski definition) is 0. The van der Waals surface area contributed by atoms with Crippen molar-refractivity contribution >= 4 is 6.03 Å². The molecular weight excluding hydrogens is 394 g/mol. The maximum Gasteiger partial charge on any atom is 0.320 e. The summed E-state index contributed by atoms with van der Waals surface area (Å²) in [6, 6.07) is 11.4. The van der Waals surface area contributed by atoms with E-state index in [9.17, 15) is 4.79 Å². The van der Waals surface area contributed by atoms with Crippen LogP contribution in [0.2, 0.25) is 0 Å². The number of hydrogen-bond acceptors (Lipinski definition) is 2. The number of urea groups is 1. The monoisotopic (exact) mass is 437 g/mol. The lowest BCUT2D eigenvalue weighted by Gasteiger charge is -2.51. The lowest BCUT2D eigenvalue weighted by molar-refractivity contribution is 0.0157. The van der Waals surface area contributed by atoms with Crippen molar-refractivity contribution < 1.29 is 4.79 Å². The van der Waals surface area contributed by atoms with E-state index in [1.807, 2.05) is 0 Å². The Bertz CT molecular complexity index is 803. The van der Waals surface area contributed by atoms with Gasteiger partial charge in [-0.2, -0.15) is 0 Å². The zero-order chi connectivity index (χ0) is 22.4. The smallest absolute Gasteiger partial charge is 0.320 e. The summed E-state index contributed by atoms with van der Waals surface area (Å²) in [5, 5.41) is 0. The summed E-state index contributed by atoms with van der Waals surface area (Å²) in [5.41, 5.74) is 2.05. The van der Waals surface area contributed by atoms with Crippen LogP contribution in [0.4, 0.5) is 4.79 Å². The third-order valence-electron chi connectivity index (χ3n) is 9.95. The average Bonchev–Trinajstić information content (AvgIpc) is 2.99. The van der Waals surface area contributed by atoms with Gasteiger partial charge in [0, 0.05) is 25.2 Å². The Morgan fingerprint density at radius 1 is 0.969 bits per heavy atom. The maximum atomic E-state index is 13.7. The van der Waals surface area contributed by atoms with Crippen LogP contribution in [0.3, 0.4) is 0 Å². The topological polar surface area (TPSA) is 26.8 Å². The van der Waals surface area contributed by atoms with E-state index in [0.717, 1.165) is 51.2 Å². The zero-order valence-electron chi connectivity index (χ0n) is 20.6. The van der Waals surface area contributed by atoms with Gasteiger partial charge in [0.05, 0.1) is 5.54 Å². The zero-order valence-corrected chi connectivity index (χ0v) is 20.6. The molecule has 2 amide bonds. The van der Waals surface area contributed by atoms with Gasteiger partial charge in [-0.25, -0.2) is 4.79 Å². The predicted octanol–water partition coefficient (Wildman–Crippen LogP) is 5.87. The van der Waals surface area contributed by atoms with E-state index < -0.39 is 0 Å². The molecule has 1 aromatic rings. The molecule has 0 atom stereocenters. The Labute approximate surface area is 195 Å². The summed E-state index contributed by atoms with van der Waals surface area (Å²) in [6.45, 7) is 5.32. The summed E-state index contributed by atoms with van der Waals surface area (Å²) < 4.78 is 0. The second-order valence-corrected chi connectivity index (χ2v) is 12.0. The first kappa shape index (κ1) is 22.3. The fourth-order valence-corrected chi connectivity index (χ4v) is 7.00. The summed E-state index contributed by atoms with van der Waals surface area (Å²) in [6.07, 6.45) is 13.7. The Balaban J connectivity index is 1.35. The Morgan fingerprint density at radius 3 is 2.19 bits per heavy atom. The van der Waals surface area contributed by atoms with Crippen molar-refractivity contribution in [2.45, 2.75) is 88.6 Å². The van der Waals surface area contributed by atoms with Crippen LogP contribution in [0.5, 0.6) is 0 Å². The van der Waals surface area contributed by atoms with Gasteiger partial charge in [0.2, 0.25) is 0 Å². The van der Waals surface area contributed by atoms with Crippen LogP contribution < -0.4 is 0 Å². The molecule has 1 aliphatic heterocycles. The van der Waals surface area contributed by atoms with E-state index in [0.29, 0.717) is 11.4 Å². The third kappa shape index (κ3) is 3.77. The van der Waals surface area contributed by atoms with E-state index in [4.69, 9.17) is 0 Å². The number of nitrogens with zero attached hydrogens (tertiary/aromatic N) is 3. The number of benzene rings is 1. The molecule has 32 heavy (non-hydrogen) atoms. The molecular formula is C28H43N3O. The molecule has 4 heteroatoms. The molecule has 0 unspecified atom stereocenters. The normalized spacial score (nSPS) is 32.4. The van der Waals surface area contributed by atoms with Crippen LogP contribution in [0.25, 0.3) is 0 Å². The highest BCUT2D eigenvalue weighted by atomic mass is 16.2. The first-order chi connectivity index (χ1) is 15.4. The van der Waals surface area contributed by atoms with Gasteiger partial charge in [0.1, 0.15) is 0 Å². The van der Waals surface area contributed by atoms with Crippen LogP contribution in [-0.2, 0) is 5.54 Å². The molecule has 5 rings (SSSR count). The second kappa shape index (κ2) is 8.34. The quantitative estimate of drug-likeness (QED) is 0.533. The van der Waals surface area contributed by atoms with Crippen molar-refractivity contribution in [3.05, 3.63) is 35.9 Å². The van der Waals surface area contributed by atoms with Crippen molar-refractivity contribution in [3.8, 4) is 0 Å². The van der Waals surface area contributed by atoms with Crippen LogP contribution >= 0.6 is 0 Å². The van der Waals surface area contributed by atoms with E-state index in [1.54, 1.807) is 0 Å². The molecule has 1 heterocycles. The molecule has 1 saturated heterocycles. The predicted molar refractivity (Wildman–Crippen MR) is 131 cm³/mol. The Morgan fingerprint density at radius 2 is 1.66 bits per heavy atom. The SMILES string of the molecule is CN(C)C1(c2ccccc2)CCC2(CC1)CN(CCC1(C)CCC1)C(=O)N2CC1CCC1. The third-order valence-corrected chi connectivity index (χ3v) is 9.95. The Hall–Kier alpha value is -1.55. The average molecular weight is 438 g/mol. The van der Waals surface area contributed by atoms with Gasteiger partial charge in [-0.05, 0) is 88.8 Å². The molecule has 0 N–H and O–H groups in total. The molecule has 4 aliphatic rings. The molecule has 4 fully saturated rings. The van der Waals surface area contributed by atoms with Crippen LogP contribution in [0.15, 0.2) is 30.3 Å². The summed E-state index contributed by atoms with van der Waals surface area (Å²) >= 11 is 0. The summed E-state index contributed by atoms with van der Waals surface area (Å²) in [4.78, 5) is 20.7. The standard InChI is InChI=1S/C28H43N3O/c1-26(13-8-14-26)19-20-30-22-27(31(25(30)32)21-23-9-7-10-23)15-17-28(18-16-27,29(2)3)24-11-5-4-6-12-24/h4-6,11-12,23H,7-10,13-22H2,1-3H3. The molecule has 176 valence electrons. The van der Waals surface area contributed by atoms with Crippen LogP contribution in [0, 0.1) is 11.3 Å². The van der Waals surface area contributed by atoms with Gasteiger partial charge in [0.15, 0.2) is 0 Å². The fraction of sp³-hybridized carbons (Fsp3) is 0.750. The van der Waals surface area contributed by atoms with Crippen molar-refractivity contribution in [2.75, 3.05) is 33.7 Å². The van der Waals surface area contributed by atoms with Gasteiger partial charge >= 0.3 is 6.03 Å². The highest BCUT2D eigenvalue weighted by Crippen LogP contribution is 2.50. The first-order valence-corrected chi connectivity index (χ1v) is 13.2. The number of amides is 2. The molecule has 1 aromatic carbocycles. The van der Waals surface area contributed by atoms with Gasteiger partial charge in [-0.3, -0.25) is 4.90 Å². The molecule has 3 saturated carbocycles. The highest BCUT2D eigenvalue weighted by Gasteiger charge is 2.55. The number of rotatable bonds is 7. The molecule has 4 nitrogen and oxygen atoms in total. The molecule has 0 bridgehead atoms. The van der Waals surface area contributed by atoms with Crippen LogP contribution in [0.1, 0.15) is 83.1 Å².